The first-order chi connectivity index (χ1) is 31.4. The van der Waals surface area contributed by atoms with Gasteiger partial charge in [-0.3, -0.25) is 34.0 Å². The molecule has 2 amide bonds. The molecule has 0 spiro atoms. The van der Waals surface area contributed by atoms with Gasteiger partial charge in [0.2, 0.25) is 17.2 Å². The fourth-order valence-electron chi connectivity index (χ4n) is 7.07. The van der Waals surface area contributed by atoms with Gasteiger partial charge < -0.3 is 68.8 Å². The van der Waals surface area contributed by atoms with Crippen LogP contribution < -0.4 is 64.7 Å². The fourth-order valence-corrected chi connectivity index (χ4v) is 7.07. The van der Waals surface area contributed by atoms with Crippen molar-refractivity contribution in [1.82, 2.24) is 10.6 Å². The molecule has 15 N–H and O–H groups in total. The number of phenols is 1. The van der Waals surface area contributed by atoms with E-state index in [-0.39, 0.29) is 133 Å². The van der Waals surface area contributed by atoms with Crippen LogP contribution in [0.2, 0.25) is 0 Å². The van der Waals surface area contributed by atoms with Crippen LogP contribution in [0.3, 0.4) is 0 Å². The lowest BCUT2D eigenvalue weighted by molar-refractivity contribution is -0.130. The molecule has 20 heteroatoms. The summed E-state index contributed by atoms with van der Waals surface area (Å²) in [5.41, 5.74) is 34.8. The molecule has 0 radical (unpaired) electrons. The number of nitrogens with two attached hydrogens (primary N) is 6. The van der Waals surface area contributed by atoms with Gasteiger partial charge in [0.1, 0.15) is 41.3 Å². The number of ether oxygens (including phenoxy) is 3. The van der Waals surface area contributed by atoms with Crippen LogP contribution in [0.4, 0.5) is 0 Å². The molecule has 362 valence electrons. The Morgan fingerprint density at radius 2 is 1.18 bits per heavy atom. The number of nitrogens with zero attached hydrogens (tertiary/aromatic N) is 2. The molecule has 1 aromatic heterocycles. The summed E-state index contributed by atoms with van der Waals surface area (Å²) in [5.74, 6) is -3.13. The van der Waals surface area contributed by atoms with Crippen molar-refractivity contribution in [2.75, 3.05) is 59.6 Å². The molecule has 66 heavy (non-hydrogen) atoms. The number of nitrogens with one attached hydrogen (secondary N) is 2. The lowest BCUT2D eigenvalue weighted by Gasteiger charge is -2.19. The van der Waals surface area contributed by atoms with Gasteiger partial charge >= 0.3 is 0 Å². The number of guanidine groups is 2. The summed E-state index contributed by atoms with van der Waals surface area (Å²) in [6.07, 6.45) is 5.25. The maximum atomic E-state index is 14.7. The second-order valence-corrected chi connectivity index (χ2v) is 16.3. The number of phenolic OH excluding ortho intramolecular Hbond substituents is 1. The standard InChI is InChI=1S/C46H68N10O10/c1-26(2)10-12-32-34(64-24-30(57)20-28(43(61)53-18-14-47)8-6-16-55-45(49)50)22-36-39(40(32)59)41(60)38-33(13-11-27(3)4)42(63-5)37(23-35(38)66-36)65-25-31(58)21-29(44(62)54-19-15-48)9-7-17-56-46(51)52/h10-11,22-23,28-29,59H,6-9,12-21,24-25,47-48H2,1-5H3,(H,53,61)(H,54,62)(H4,49,50,55)(H4,51,52,56)/t28-,29-/m1/s1. The summed E-state index contributed by atoms with van der Waals surface area (Å²) >= 11 is 0. The Hall–Kier alpha value is -6.67. The van der Waals surface area contributed by atoms with E-state index in [1.54, 1.807) is 0 Å². The highest BCUT2D eigenvalue weighted by molar-refractivity contribution is 5.98. The predicted octanol–water partition coefficient (Wildman–Crippen LogP) is 1.84. The second-order valence-electron chi connectivity index (χ2n) is 16.3. The van der Waals surface area contributed by atoms with Crippen LogP contribution in [0.5, 0.6) is 23.0 Å². The van der Waals surface area contributed by atoms with Gasteiger partial charge in [-0.05, 0) is 66.2 Å². The van der Waals surface area contributed by atoms with Crippen LogP contribution in [0, 0.1) is 11.8 Å². The van der Waals surface area contributed by atoms with Crippen LogP contribution >= 0.6 is 0 Å². The Morgan fingerprint density at radius 3 is 1.64 bits per heavy atom. The molecule has 3 rings (SSSR count). The largest absolute Gasteiger partial charge is 0.507 e. The summed E-state index contributed by atoms with van der Waals surface area (Å²) < 4.78 is 24.4. The smallest absolute Gasteiger partial charge is 0.223 e. The molecule has 0 fully saturated rings. The van der Waals surface area contributed by atoms with E-state index in [1.165, 1.54) is 19.2 Å². The maximum Gasteiger partial charge on any atom is 0.223 e. The average Bonchev–Trinajstić information content (AvgIpc) is 3.26. The van der Waals surface area contributed by atoms with Crippen molar-refractivity contribution < 1.29 is 42.9 Å². The number of rotatable bonds is 29. The molecule has 0 bridgehead atoms. The average molecular weight is 921 g/mol. The van der Waals surface area contributed by atoms with Crippen molar-refractivity contribution in [2.45, 2.75) is 79.1 Å². The van der Waals surface area contributed by atoms with Gasteiger partial charge in [0.25, 0.3) is 0 Å². The number of carbonyl (C=O) groups is 4. The topological polar surface area (TPSA) is 351 Å². The van der Waals surface area contributed by atoms with Crippen molar-refractivity contribution in [3.8, 4) is 23.0 Å². The first-order valence-electron chi connectivity index (χ1n) is 21.9. The molecule has 0 aliphatic carbocycles. The monoisotopic (exact) mass is 921 g/mol. The van der Waals surface area contributed by atoms with Crippen molar-refractivity contribution in [3.63, 3.8) is 0 Å². The molecule has 0 saturated carbocycles. The second kappa shape index (κ2) is 27.0. The van der Waals surface area contributed by atoms with Crippen LogP contribution in [0.1, 0.15) is 77.3 Å². The summed E-state index contributed by atoms with van der Waals surface area (Å²) in [5, 5.41) is 17.3. The van der Waals surface area contributed by atoms with Gasteiger partial charge in [0.15, 0.2) is 35.0 Å². The third-order valence-corrected chi connectivity index (χ3v) is 10.3. The minimum Gasteiger partial charge on any atom is -0.507 e. The lowest BCUT2D eigenvalue weighted by Crippen LogP contribution is -2.36. The molecule has 0 saturated heterocycles. The van der Waals surface area contributed by atoms with Gasteiger partial charge in [-0.15, -0.1) is 0 Å². The number of amides is 2. The predicted molar refractivity (Wildman–Crippen MR) is 256 cm³/mol. The zero-order valence-electron chi connectivity index (χ0n) is 38.8. The first-order valence-corrected chi connectivity index (χ1v) is 21.9. The van der Waals surface area contributed by atoms with E-state index in [2.05, 4.69) is 20.6 Å². The quantitative estimate of drug-likeness (QED) is 0.0158. The van der Waals surface area contributed by atoms with Crippen molar-refractivity contribution in [2.24, 2.45) is 56.2 Å². The normalized spacial score (nSPS) is 11.8. The van der Waals surface area contributed by atoms with Gasteiger partial charge in [0.05, 0.1) is 12.5 Å². The minimum atomic E-state index is -0.713. The highest BCUT2D eigenvalue weighted by Crippen LogP contribution is 2.42. The highest BCUT2D eigenvalue weighted by atomic mass is 16.5. The Bertz CT molecular complexity index is 2360. The zero-order chi connectivity index (χ0) is 48.9. The van der Waals surface area contributed by atoms with E-state index < -0.39 is 47.8 Å². The number of ketones is 2. The SMILES string of the molecule is COc1c(OCC(=O)C[C@@H](CCCN=C(N)N)C(=O)NCCN)cc2oc3cc(OCC(=O)C[C@@H](CCCN=C(N)N)C(=O)NCCN)c(CC=C(C)C)c(O)c3c(=O)c2c1CC=C(C)C. The molecule has 2 aromatic carbocycles. The number of benzene rings is 2. The molecule has 3 aromatic rings. The summed E-state index contributed by atoms with van der Waals surface area (Å²) in [6, 6.07) is 2.86. The van der Waals surface area contributed by atoms with Gasteiger partial charge in [-0.25, -0.2) is 0 Å². The highest BCUT2D eigenvalue weighted by Gasteiger charge is 2.27. The molecule has 0 unspecified atom stereocenters. The van der Waals surface area contributed by atoms with E-state index in [9.17, 15) is 29.1 Å². The molecule has 0 aliphatic rings. The fraction of sp³-hybridized carbons (Fsp3) is 0.500. The van der Waals surface area contributed by atoms with Crippen LogP contribution in [0.25, 0.3) is 21.9 Å². The van der Waals surface area contributed by atoms with Gasteiger partial charge in [-0.1, -0.05) is 23.3 Å². The lowest BCUT2D eigenvalue weighted by atomic mass is 9.96. The molecule has 0 aliphatic heterocycles. The van der Waals surface area contributed by atoms with Gasteiger partial charge in [0, 0.05) is 87.2 Å². The Balaban J connectivity index is 2.10. The van der Waals surface area contributed by atoms with E-state index in [1.807, 2.05) is 39.8 Å². The minimum absolute atomic E-state index is 0.0530. The number of methoxy groups -OCH3 is 1. The zero-order valence-corrected chi connectivity index (χ0v) is 38.8. The van der Waals surface area contributed by atoms with E-state index >= 15 is 0 Å². The number of carbonyl (C=O) groups excluding carboxylic acids is 4. The first kappa shape index (κ1) is 53.7. The van der Waals surface area contributed by atoms with E-state index in [0.29, 0.717) is 31.2 Å². The summed E-state index contributed by atoms with van der Waals surface area (Å²) in [7, 11) is 1.40. The number of hydrogen-bond acceptors (Lipinski definition) is 14. The number of hydrogen-bond donors (Lipinski definition) is 9. The van der Waals surface area contributed by atoms with Crippen molar-refractivity contribution in [1.29, 1.82) is 0 Å². The van der Waals surface area contributed by atoms with Gasteiger partial charge in [-0.2, -0.15) is 0 Å². The third kappa shape index (κ3) is 16.4. The van der Waals surface area contributed by atoms with E-state index in [4.69, 9.17) is 53.0 Å². The van der Waals surface area contributed by atoms with Crippen molar-refractivity contribution in [3.05, 3.63) is 56.8 Å². The number of Topliss-reactive ketones (excluding diaryl/α,β-unsaturated/α-hetero) is 2. The van der Waals surface area contributed by atoms with Crippen LogP contribution in [-0.4, -0.2) is 100.0 Å². The van der Waals surface area contributed by atoms with E-state index in [0.717, 1.165) is 11.1 Å². The Morgan fingerprint density at radius 1 is 0.727 bits per heavy atom. The van der Waals surface area contributed by atoms with Crippen LogP contribution in [-0.2, 0) is 32.0 Å². The third-order valence-electron chi connectivity index (χ3n) is 10.3. The molecular weight excluding hydrogens is 853 g/mol. The Kier molecular flexibility index (Phi) is 21.9. The van der Waals surface area contributed by atoms with Crippen molar-refractivity contribution >= 4 is 57.2 Å². The number of fused-ring (bicyclic) bond motifs is 2. The molecular formula is C46H68N10O10. The summed E-state index contributed by atoms with van der Waals surface area (Å²) in [6.45, 7) is 8.05. The maximum absolute atomic E-state index is 14.7. The molecule has 1 heterocycles. The molecule has 20 nitrogen and oxygen atoms in total. The Labute approximate surface area is 384 Å². The number of allylic oxidation sites excluding steroid dienone is 4. The van der Waals surface area contributed by atoms with Crippen LogP contribution in [0.15, 0.2) is 54.6 Å². The number of aliphatic imine (C=N–C) groups is 2. The molecule has 2 atom stereocenters. The number of aromatic hydroxyl groups is 1. The summed E-state index contributed by atoms with van der Waals surface area (Å²) in [4.78, 5) is 75.4.